The van der Waals surface area contributed by atoms with Crippen LogP contribution < -0.4 is 15.4 Å². The van der Waals surface area contributed by atoms with Crippen LogP contribution in [-0.2, 0) is 4.79 Å². The number of nitrogens with one attached hydrogen (secondary N) is 2. The Morgan fingerprint density at radius 2 is 2.14 bits per heavy atom. The molecule has 0 spiro atoms. The summed E-state index contributed by atoms with van der Waals surface area (Å²) in [5.41, 5.74) is -0.460. The van der Waals surface area contributed by atoms with Gasteiger partial charge in [-0.1, -0.05) is 12.1 Å². The topological polar surface area (TPSA) is 50.4 Å². The molecule has 0 bridgehead atoms. The molecule has 7 heteroatoms. The van der Waals surface area contributed by atoms with Crippen molar-refractivity contribution in [1.82, 2.24) is 5.32 Å². The lowest BCUT2D eigenvalue weighted by Crippen LogP contribution is -2.48. The van der Waals surface area contributed by atoms with E-state index in [0.29, 0.717) is 6.42 Å². The fraction of sp³-hybridized carbons (Fsp3) is 0.500. The van der Waals surface area contributed by atoms with Crippen molar-refractivity contribution in [3.63, 3.8) is 0 Å². The van der Waals surface area contributed by atoms with Crippen molar-refractivity contribution in [2.75, 3.05) is 18.5 Å². The number of rotatable bonds is 4. The molecule has 0 aromatic heterocycles. The van der Waals surface area contributed by atoms with Crippen molar-refractivity contribution >= 4 is 11.6 Å². The highest BCUT2D eigenvalue weighted by atomic mass is 19.4. The summed E-state index contributed by atoms with van der Waals surface area (Å²) in [7, 11) is 0. The van der Waals surface area contributed by atoms with Gasteiger partial charge in [0.1, 0.15) is 5.75 Å². The predicted molar refractivity (Wildman–Crippen MR) is 72.3 cm³/mol. The number of hydrogen-bond donors (Lipinski definition) is 2. The lowest BCUT2D eigenvalue weighted by atomic mass is 9.99. The molecular formula is C14H17F3N2O2. The van der Waals surface area contributed by atoms with Crippen LogP contribution in [0.4, 0.5) is 18.9 Å². The minimum absolute atomic E-state index is 0.00442. The largest absolute Gasteiger partial charge is 0.482 e. The monoisotopic (exact) mass is 302 g/mol. The van der Waals surface area contributed by atoms with Gasteiger partial charge in [0.2, 0.25) is 5.91 Å². The van der Waals surface area contributed by atoms with Crippen LogP contribution in [0, 0.1) is 0 Å². The highest BCUT2D eigenvalue weighted by Crippen LogP contribution is 2.28. The highest BCUT2D eigenvalue weighted by molar-refractivity contribution is 5.99. The van der Waals surface area contributed by atoms with Crippen LogP contribution in [0.15, 0.2) is 24.3 Å². The molecule has 1 aromatic rings. The van der Waals surface area contributed by atoms with Crippen molar-refractivity contribution < 1.29 is 22.7 Å². The predicted octanol–water partition coefficient (Wildman–Crippen LogP) is 2.71. The second-order valence-corrected chi connectivity index (χ2v) is 5.22. The maximum Gasteiger partial charge on any atom is 0.422 e. The smallest absolute Gasteiger partial charge is 0.422 e. The maximum atomic E-state index is 12.2. The SMILES string of the molecule is CC1(C(=O)Nc2ccccc2OCC(F)(F)F)CCCN1. The van der Waals surface area contributed by atoms with Crippen molar-refractivity contribution in [3.8, 4) is 5.75 Å². The Hall–Kier alpha value is -1.76. The van der Waals surface area contributed by atoms with E-state index in [0.717, 1.165) is 13.0 Å². The zero-order chi connectivity index (χ0) is 15.5. The summed E-state index contributed by atoms with van der Waals surface area (Å²) < 4.78 is 41.4. The summed E-state index contributed by atoms with van der Waals surface area (Å²) in [6.07, 6.45) is -2.85. The molecule has 1 saturated heterocycles. The minimum atomic E-state index is -4.42. The number of carbonyl (C=O) groups excluding carboxylic acids is 1. The van der Waals surface area contributed by atoms with Gasteiger partial charge in [-0.2, -0.15) is 13.2 Å². The Morgan fingerprint density at radius 3 is 2.76 bits per heavy atom. The van der Waals surface area contributed by atoms with E-state index in [1.165, 1.54) is 12.1 Å². The molecule has 1 unspecified atom stereocenters. The number of para-hydroxylation sites is 2. The molecule has 0 saturated carbocycles. The van der Waals surface area contributed by atoms with Crippen LogP contribution in [0.2, 0.25) is 0 Å². The molecule has 1 atom stereocenters. The first-order valence-electron chi connectivity index (χ1n) is 6.65. The quantitative estimate of drug-likeness (QED) is 0.899. The number of benzene rings is 1. The van der Waals surface area contributed by atoms with Crippen LogP contribution in [-0.4, -0.2) is 30.8 Å². The zero-order valence-corrected chi connectivity index (χ0v) is 11.6. The molecule has 1 aliphatic rings. The third kappa shape index (κ3) is 4.10. The molecule has 1 amide bonds. The molecular weight excluding hydrogens is 285 g/mol. The van der Waals surface area contributed by atoms with Crippen molar-refractivity contribution in [2.24, 2.45) is 0 Å². The second-order valence-electron chi connectivity index (χ2n) is 5.22. The number of amides is 1. The molecule has 1 heterocycles. The normalized spacial score (nSPS) is 22.1. The Bertz CT molecular complexity index is 511. The van der Waals surface area contributed by atoms with E-state index in [9.17, 15) is 18.0 Å². The van der Waals surface area contributed by atoms with Gasteiger partial charge < -0.3 is 15.4 Å². The van der Waals surface area contributed by atoms with Gasteiger partial charge in [-0.25, -0.2) is 0 Å². The molecule has 4 nitrogen and oxygen atoms in total. The van der Waals surface area contributed by atoms with Crippen LogP contribution in [0.1, 0.15) is 19.8 Å². The average Bonchev–Trinajstić information content (AvgIpc) is 2.85. The fourth-order valence-electron chi connectivity index (χ4n) is 2.20. The number of carbonyl (C=O) groups is 1. The van der Waals surface area contributed by atoms with E-state index in [4.69, 9.17) is 4.74 Å². The van der Waals surface area contributed by atoms with Crippen LogP contribution in [0.25, 0.3) is 0 Å². The molecule has 21 heavy (non-hydrogen) atoms. The van der Waals surface area contributed by atoms with Crippen molar-refractivity contribution in [3.05, 3.63) is 24.3 Å². The Morgan fingerprint density at radius 1 is 1.43 bits per heavy atom. The van der Waals surface area contributed by atoms with E-state index >= 15 is 0 Å². The van der Waals surface area contributed by atoms with Gasteiger partial charge in [0.15, 0.2) is 6.61 Å². The maximum absolute atomic E-state index is 12.2. The summed E-state index contributed by atoms with van der Waals surface area (Å²) in [5, 5.41) is 5.73. The second kappa shape index (κ2) is 5.93. The highest BCUT2D eigenvalue weighted by Gasteiger charge is 2.36. The first kappa shape index (κ1) is 15.6. The molecule has 1 fully saturated rings. The van der Waals surface area contributed by atoms with Crippen LogP contribution in [0.5, 0.6) is 5.75 Å². The Labute approximate surface area is 120 Å². The van der Waals surface area contributed by atoms with Gasteiger partial charge in [-0.05, 0) is 38.4 Å². The summed E-state index contributed by atoms with van der Waals surface area (Å²) in [6, 6.07) is 6.09. The summed E-state index contributed by atoms with van der Waals surface area (Å²) in [6.45, 7) is 1.13. The molecule has 2 rings (SSSR count). The van der Waals surface area contributed by atoms with Gasteiger partial charge in [0.25, 0.3) is 0 Å². The summed E-state index contributed by atoms with van der Waals surface area (Å²) in [5.74, 6) is -0.271. The number of anilines is 1. The van der Waals surface area contributed by atoms with E-state index in [2.05, 4.69) is 10.6 Å². The summed E-state index contributed by atoms with van der Waals surface area (Å²) >= 11 is 0. The molecule has 2 N–H and O–H groups in total. The molecule has 116 valence electrons. The van der Waals surface area contributed by atoms with Crippen LogP contribution >= 0.6 is 0 Å². The number of ether oxygens (including phenoxy) is 1. The standard InChI is InChI=1S/C14H17F3N2O2/c1-13(7-4-8-18-13)12(20)19-10-5-2-3-6-11(10)21-9-14(15,16)17/h2-3,5-6,18H,4,7-9H2,1H3,(H,19,20). The van der Waals surface area contributed by atoms with Gasteiger partial charge in [0, 0.05) is 0 Å². The number of alkyl halides is 3. The lowest BCUT2D eigenvalue weighted by Gasteiger charge is -2.24. The van der Waals surface area contributed by atoms with Gasteiger partial charge >= 0.3 is 6.18 Å². The first-order valence-corrected chi connectivity index (χ1v) is 6.65. The van der Waals surface area contributed by atoms with E-state index in [-0.39, 0.29) is 17.3 Å². The molecule has 1 aliphatic heterocycles. The van der Waals surface area contributed by atoms with E-state index < -0.39 is 18.3 Å². The zero-order valence-electron chi connectivity index (χ0n) is 11.6. The molecule has 0 radical (unpaired) electrons. The van der Waals surface area contributed by atoms with Crippen LogP contribution in [0.3, 0.4) is 0 Å². The van der Waals surface area contributed by atoms with E-state index in [1.54, 1.807) is 19.1 Å². The summed E-state index contributed by atoms with van der Waals surface area (Å²) in [4.78, 5) is 12.2. The average molecular weight is 302 g/mol. The fourth-order valence-corrected chi connectivity index (χ4v) is 2.20. The first-order chi connectivity index (χ1) is 9.80. The Balaban J connectivity index is 2.07. The van der Waals surface area contributed by atoms with Crippen molar-refractivity contribution in [1.29, 1.82) is 0 Å². The van der Waals surface area contributed by atoms with Gasteiger partial charge in [0.05, 0.1) is 11.2 Å². The number of halogens is 3. The molecule has 1 aromatic carbocycles. The van der Waals surface area contributed by atoms with E-state index in [1.807, 2.05) is 0 Å². The lowest BCUT2D eigenvalue weighted by molar-refractivity contribution is -0.153. The third-order valence-corrected chi connectivity index (χ3v) is 3.40. The third-order valence-electron chi connectivity index (χ3n) is 3.40. The van der Waals surface area contributed by atoms with Gasteiger partial charge in [-0.3, -0.25) is 4.79 Å². The minimum Gasteiger partial charge on any atom is -0.482 e. The number of hydrogen-bond acceptors (Lipinski definition) is 3. The van der Waals surface area contributed by atoms with Crippen molar-refractivity contribution in [2.45, 2.75) is 31.5 Å². The Kier molecular flexibility index (Phi) is 4.41. The molecule has 0 aliphatic carbocycles. The van der Waals surface area contributed by atoms with Gasteiger partial charge in [-0.15, -0.1) is 0 Å².